The van der Waals surface area contributed by atoms with Crippen molar-refractivity contribution < 1.29 is 26.7 Å². The van der Waals surface area contributed by atoms with Gasteiger partial charge in [0.15, 0.2) is 0 Å². The number of hydrogen-bond acceptors (Lipinski definition) is 1. The fourth-order valence-electron chi connectivity index (χ4n) is 4.12. The summed E-state index contributed by atoms with van der Waals surface area (Å²) in [5.41, 5.74) is 0.354. The van der Waals surface area contributed by atoms with Gasteiger partial charge in [-0.15, -0.1) is 6.58 Å². The van der Waals surface area contributed by atoms with Gasteiger partial charge in [-0.25, -0.2) is 22.0 Å². The smallest absolute Gasteiger partial charge is 0.131 e. The molecule has 2 unspecified atom stereocenters. The van der Waals surface area contributed by atoms with Crippen LogP contribution < -0.4 is 0 Å². The van der Waals surface area contributed by atoms with Crippen LogP contribution in [0.3, 0.4) is 0 Å². The summed E-state index contributed by atoms with van der Waals surface area (Å²) in [6.45, 7) is 5.56. The van der Waals surface area contributed by atoms with Crippen LogP contribution in [0.25, 0.3) is 11.1 Å². The topological polar surface area (TPSA) is 9.23 Å². The molecule has 1 aliphatic rings. The summed E-state index contributed by atoms with van der Waals surface area (Å²) in [5.74, 6) is -3.74. The highest BCUT2D eigenvalue weighted by molar-refractivity contribution is 5.65. The van der Waals surface area contributed by atoms with Crippen molar-refractivity contribution in [3.8, 4) is 11.1 Å². The molecule has 1 nitrogen and oxygen atoms in total. The third-order valence-corrected chi connectivity index (χ3v) is 6.18. The minimum atomic E-state index is -0.916. The van der Waals surface area contributed by atoms with E-state index in [4.69, 9.17) is 4.74 Å². The number of halogens is 5. The van der Waals surface area contributed by atoms with Crippen molar-refractivity contribution >= 4 is 0 Å². The van der Waals surface area contributed by atoms with Crippen molar-refractivity contribution in [3.05, 3.63) is 106 Å². The zero-order valence-corrected chi connectivity index (χ0v) is 18.1. The highest BCUT2D eigenvalue weighted by Crippen LogP contribution is 2.34. The summed E-state index contributed by atoms with van der Waals surface area (Å²) in [5, 5.41) is 0. The first-order valence-corrected chi connectivity index (χ1v) is 10.7. The summed E-state index contributed by atoms with van der Waals surface area (Å²) >= 11 is 0. The summed E-state index contributed by atoms with van der Waals surface area (Å²) in [6, 6.07) is 8.66. The van der Waals surface area contributed by atoms with Gasteiger partial charge in [-0.3, -0.25) is 0 Å². The zero-order chi connectivity index (χ0) is 23.7. The van der Waals surface area contributed by atoms with E-state index in [1.807, 2.05) is 6.08 Å². The molecule has 1 aliphatic heterocycles. The molecule has 1 saturated heterocycles. The van der Waals surface area contributed by atoms with Crippen LogP contribution in [0, 0.1) is 41.9 Å². The van der Waals surface area contributed by atoms with Crippen LogP contribution in [0.1, 0.15) is 41.2 Å². The Morgan fingerprint density at radius 2 is 1.55 bits per heavy atom. The predicted molar refractivity (Wildman–Crippen MR) is 117 cm³/mol. The molecule has 0 radical (unpaired) electrons. The lowest BCUT2D eigenvalue weighted by atomic mass is 9.93. The van der Waals surface area contributed by atoms with Gasteiger partial charge in [-0.05, 0) is 66.8 Å². The fourth-order valence-corrected chi connectivity index (χ4v) is 4.12. The van der Waals surface area contributed by atoms with Gasteiger partial charge in [-0.2, -0.15) is 0 Å². The number of rotatable bonds is 5. The Labute approximate surface area is 189 Å². The van der Waals surface area contributed by atoms with Crippen LogP contribution in [0.2, 0.25) is 0 Å². The van der Waals surface area contributed by atoms with E-state index >= 15 is 0 Å². The molecule has 2 atom stereocenters. The van der Waals surface area contributed by atoms with Crippen molar-refractivity contribution in [2.75, 3.05) is 6.61 Å². The van der Waals surface area contributed by atoms with Crippen LogP contribution in [-0.4, -0.2) is 6.61 Å². The highest BCUT2D eigenvalue weighted by Gasteiger charge is 2.23. The van der Waals surface area contributed by atoms with Gasteiger partial charge < -0.3 is 4.74 Å². The Kier molecular flexibility index (Phi) is 6.66. The highest BCUT2D eigenvalue weighted by atomic mass is 19.1. The lowest BCUT2D eigenvalue weighted by Gasteiger charge is -2.27. The van der Waals surface area contributed by atoms with E-state index in [-0.39, 0.29) is 46.3 Å². The van der Waals surface area contributed by atoms with Gasteiger partial charge in [0, 0.05) is 29.0 Å². The van der Waals surface area contributed by atoms with Crippen molar-refractivity contribution in [2.45, 2.75) is 32.3 Å². The molecule has 6 heteroatoms. The Morgan fingerprint density at radius 1 is 0.879 bits per heavy atom. The number of hydrogen-bond donors (Lipinski definition) is 0. The molecule has 0 amide bonds. The molecule has 0 bridgehead atoms. The Bertz CT molecular complexity index is 1150. The van der Waals surface area contributed by atoms with E-state index < -0.39 is 29.1 Å². The molecule has 0 spiro atoms. The molecule has 3 aromatic rings. The second kappa shape index (κ2) is 9.48. The first-order chi connectivity index (χ1) is 15.8. The van der Waals surface area contributed by atoms with Crippen LogP contribution in [0.15, 0.2) is 55.1 Å². The molecule has 0 saturated carbocycles. The Morgan fingerprint density at radius 3 is 2.09 bits per heavy atom. The van der Waals surface area contributed by atoms with E-state index in [0.29, 0.717) is 12.2 Å². The van der Waals surface area contributed by atoms with Crippen LogP contribution >= 0.6 is 0 Å². The standard InChI is InChI=1S/C27H23F5O/c1-3-16-4-7-27(33-14-16)18-5-6-20(24(30)11-18)19-12-25(31)21(26(32)13-19)8-17-9-22(28)15(2)23(29)10-17/h3,5-6,9-13,16,27H,1,4,7-8,14H2,2H3. The second-order valence-corrected chi connectivity index (χ2v) is 8.41. The minimum Gasteiger partial charge on any atom is -0.373 e. The Hall–Kier alpha value is -2.99. The maximum atomic E-state index is 14.9. The van der Waals surface area contributed by atoms with E-state index in [1.54, 1.807) is 6.07 Å². The van der Waals surface area contributed by atoms with Crippen LogP contribution in [0.5, 0.6) is 0 Å². The maximum Gasteiger partial charge on any atom is 0.131 e. The molecule has 1 fully saturated rings. The molecular formula is C27H23F5O. The van der Waals surface area contributed by atoms with Crippen molar-refractivity contribution in [1.29, 1.82) is 0 Å². The van der Waals surface area contributed by atoms with Gasteiger partial charge in [0.25, 0.3) is 0 Å². The lowest BCUT2D eigenvalue weighted by Crippen LogP contribution is -2.19. The van der Waals surface area contributed by atoms with E-state index in [1.165, 1.54) is 19.1 Å². The van der Waals surface area contributed by atoms with Gasteiger partial charge in [0.05, 0.1) is 12.7 Å². The van der Waals surface area contributed by atoms with Gasteiger partial charge in [0.2, 0.25) is 0 Å². The van der Waals surface area contributed by atoms with Gasteiger partial charge in [0.1, 0.15) is 29.1 Å². The van der Waals surface area contributed by atoms with Gasteiger partial charge in [-0.1, -0.05) is 18.2 Å². The minimum absolute atomic E-state index is 0.0374. The largest absolute Gasteiger partial charge is 0.373 e. The summed E-state index contributed by atoms with van der Waals surface area (Å²) in [4.78, 5) is 0. The number of benzene rings is 3. The molecule has 0 aliphatic carbocycles. The lowest BCUT2D eigenvalue weighted by molar-refractivity contribution is -0.00528. The molecule has 33 heavy (non-hydrogen) atoms. The second-order valence-electron chi connectivity index (χ2n) is 8.41. The number of ether oxygens (including phenoxy) is 1. The molecule has 3 aromatic carbocycles. The molecule has 172 valence electrons. The first-order valence-electron chi connectivity index (χ1n) is 10.7. The van der Waals surface area contributed by atoms with Crippen LogP contribution in [0.4, 0.5) is 22.0 Å². The molecule has 0 aromatic heterocycles. The van der Waals surface area contributed by atoms with E-state index in [2.05, 4.69) is 6.58 Å². The fraction of sp³-hybridized carbons (Fsp3) is 0.259. The van der Waals surface area contributed by atoms with Crippen molar-refractivity contribution in [3.63, 3.8) is 0 Å². The van der Waals surface area contributed by atoms with Crippen molar-refractivity contribution in [2.24, 2.45) is 5.92 Å². The maximum absolute atomic E-state index is 14.9. The normalized spacial score (nSPS) is 18.4. The first kappa shape index (κ1) is 23.2. The third-order valence-electron chi connectivity index (χ3n) is 6.18. The molecular weight excluding hydrogens is 435 g/mol. The molecule has 4 rings (SSSR count). The summed E-state index contributed by atoms with van der Waals surface area (Å²) in [7, 11) is 0. The van der Waals surface area contributed by atoms with E-state index in [9.17, 15) is 22.0 Å². The van der Waals surface area contributed by atoms with Crippen LogP contribution in [-0.2, 0) is 11.2 Å². The SMILES string of the molecule is C=CC1CCC(c2ccc(-c3cc(F)c(Cc4cc(F)c(C)c(F)c4)c(F)c3)c(F)c2)OC1. The average Bonchev–Trinajstić information content (AvgIpc) is 2.79. The molecule has 0 N–H and O–H groups in total. The quantitative estimate of drug-likeness (QED) is 0.283. The Balaban J connectivity index is 1.58. The zero-order valence-electron chi connectivity index (χ0n) is 18.1. The summed E-state index contributed by atoms with van der Waals surface area (Å²) < 4.78 is 77.8. The van der Waals surface area contributed by atoms with Crippen molar-refractivity contribution in [1.82, 2.24) is 0 Å². The summed E-state index contributed by atoms with van der Waals surface area (Å²) in [6.07, 6.45) is 2.89. The predicted octanol–water partition coefficient (Wildman–Crippen LogP) is 7.60. The average molecular weight is 458 g/mol. The monoisotopic (exact) mass is 458 g/mol. The molecule has 1 heterocycles. The van der Waals surface area contributed by atoms with Gasteiger partial charge >= 0.3 is 0 Å². The van der Waals surface area contributed by atoms with E-state index in [0.717, 1.165) is 37.1 Å². The third kappa shape index (κ3) is 4.86.